The third kappa shape index (κ3) is 2.53. The van der Waals surface area contributed by atoms with E-state index in [1.54, 1.807) is 4.90 Å². The van der Waals surface area contributed by atoms with Crippen molar-refractivity contribution < 1.29 is 14.7 Å². The Hall–Kier alpha value is -1.26. The minimum Gasteiger partial charge on any atom is -0.481 e. The van der Waals surface area contributed by atoms with Crippen LogP contribution in [0.25, 0.3) is 0 Å². The van der Waals surface area contributed by atoms with Crippen LogP contribution >= 0.6 is 0 Å². The second-order valence-electron chi connectivity index (χ2n) is 5.29. The fourth-order valence-electron chi connectivity index (χ4n) is 2.59. The Morgan fingerprint density at radius 3 is 2.47 bits per heavy atom. The fourth-order valence-corrected chi connectivity index (χ4v) is 2.59. The number of aliphatic carboxylic acids is 1. The molecule has 0 unspecified atom stereocenters. The van der Waals surface area contributed by atoms with Gasteiger partial charge >= 0.3 is 12.0 Å². The van der Waals surface area contributed by atoms with Crippen LogP contribution in [-0.2, 0) is 4.79 Å². The molecule has 1 heterocycles. The van der Waals surface area contributed by atoms with Gasteiger partial charge in [0, 0.05) is 24.5 Å². The maximum Gasteiger partial charge on any atom is 0.317 e. The molecule has 2 rings (SSSR count). The average molecular weight is 240 g/mol. The molecular formula is C12H20N2O3. The lowest BCUT2D eigenvalue weighted by molar-refractivity contribution is -0.139. The summed E-state index contributed by atoms with van der Waals surface area (Å²) in [6, 6.07) is -0.0202. The van der Waals surface area contributed by atoms with Crippen molar-refractivity contribution in [1.82, 2.24) is 10.2 Å². The van der Waals surface area contributed by atoms with Crippen molar-refractivity contribution in [3.8, 4) is 0 Å². The third-order valence-corrected chi connectivity index (χ3v) is 4.07. The summed E-state index contributed by atoms with van der Waals surface area (Å²) in [5, 5.41) is 11.7. The molecule has 1 aliphatic heterocycles. The predicted molar refractivity (Wildman–Crippen MR) is 62.7 cm³/mol. The molecule has 96 valence electrons. The van der Waals surface area contributed by atoms with Crippen LogP contribution in [0.15, 0.2) is 0 Å². The van der Waals surface area contributed by atoms with E-state index in [2.05, 4.69) is 12.2 Å². The molecule has 1 saturated carbocycles. The number of nitrogens with zero attached hydrogens (tertiary/aromatic N) is 1. The van der Waals surface area contributed by atoms with Crippen molar-refractivity contribution in [3.63, 3.8) is 0 Å². The lowest BCUT2D eigenvalue weighted by Gasteiger charge is -2.46. The van der Waals surface area contributed by atoms with Gasteiger partial charge in [-0.25, -0.2) is 4.79 Å². The Kier molecular flexibility index (Phi) is 3.26. The van der Waals surface area contributed by atoms with E-state index < -0.39 is 5.97 Å². The van der Waals surface area contributed by atoms with Gasteiger partial charge in [0.15, 0.2) is 0 Å². The second-order valence-corrected chi connectivity index (χ2v) is 5.29. The number of likely N-dealkylation sites (tertiary alicyclic amines) is 1. The van der Waals surface area contributed by atoms with Crippen molar-refractivity contribution >= 4 is 12.0 Å². The first-order chi connectivity index (χ1) is 8.04. The summed E-state index contributed by atoms with van der Waals surface area (Å²) < 4.78 is 0. The Morgan fingerprint density at radius 2 is 2.06 bits per heavy atom. The smallest absolute Gasteiger partial charge is 0.317 e. The fraction of sp³-hybridized carbons (Fsp3) is 0.833. The maximum absolute atomic E-state index is 11.9. The summed E-state index contributed by atoms with van der Waals surface area (Å²) in [7, 11) is 0. The lowest BCUT2D eigenvalue weighted by Crippen LogP contribution is -2.61. The van der Waals surface area contributed by atoms with E-state index in [9.17, 15) is 9.59 Å². The van der Waals surface area contributed by atoms with E-state index >= 15 is 0 Å². The van der Waals surface area contributed by atoms with E-state index in [1.165, 1.54) is 6.42 Å². The normalized spacial score (nSPS) is 22.5. The molecule has 5 heteroatoms. The molecule has 0 aromatic carbocycles. The molecule has 0 aromatic heterocycles. The van der Waals surface area contributed by atoms with Crippen LogP contribution in [0.5, 0.6) is 0 Å². The highest BCUT2D eigenvalue weighted by molar-refractivity contribution is 5.76. The molecule has 0 radical (unpaired) electrons. The number of rotatable bonds is 4. The van der Waals surface area contributed by atoms with Crippen LogP contribution in [0.4, 0.5) is 4.79 Å². The number of nitrogens with one attached hydrogen (secondary N) is 1. The van der Waals surface area contributed by atoms with Crippen molar-refractivity contribution in [1.29, 1.82) is 0 Å². The van der Waals surface area contributed by atoms with Crippen LogP contribution in [-0.4, -0.2) is 40.6 Å². The van der Waals surface area contributed by atoms with Crippen LogP contribution in [0, 0.1) is 5.92 Å². The average Bonchev–Trinajstić information content (AvgIpc) is 2.16. The van der Waals surface area contributed by atoms with Gasteiger partial charge in [-0.05, 0) is 25.7 Å². The minimum absolute atomic E-state index is 0.0202. The number of hydrogen-bond acceptors (Lipinski definition) is 2. The molecule has 0 aromatic rings. The van der Waals surface area contributed by atoms with Crippen molar-refractivity contribution in [2.75, 3.05) is 13.1 Å². The summed E-state index contributed by atoms with van der Waals surface area (Å²) in [6.07, 6.45) is 4.48. The highest BCUT2D eigenvalue weighted by atomic mass is 16.4. The standard InChI is InChI=1S/C12H20N2O3/c1-2-12(4-3-5-12)13-11(17)14-7-9(8-14)6-10(15)16/h9H,2-8H2,1H3,(H,13,17)(H,15,16). The van der Waals surface area contributed by atoms with E-state index in [0.717, 1.165) is 19.3 Å². The summed E-state index contributed by atoms with van der Waals surface area (Å²) >= 11 is 0. The molecule has 2 N–H and O–H groups in total. The predicted octanol–water partition coefficient (Wildman–Crippen LogP) is 1.44. The number of amides is 2. The first kappa shape index (κ1) is 12.2. The number of carboxylic acid groups (broad SMARTS) is 1. The van der Waals surface area contributed by atoms with Crippen LogP contribution in [0.3, 0.4) is 0 Å². The Bertz CT molecular complexity index is 314. The summed E-state index contributed by atoms with van der Waals surface area (Å²) in [6.45, 7) is 3.26. The van der Waals surface area contributed by atoms with Gasteiger partial charge in [0.2, 0.25) is 0 Å². The molecule has 1 aliphatic carbocycles. The second kappa shape index (κ2) is 4.55. The largest absolute Gasteiger partial charge is 0.481 e. The number of hydrogen-bond donors (Lipinski definition) is 2. The highest BCUT2D eigenvalue weighted by Crippen LogP contribution is 2.35. The van der Waals surface area contributed by atoms with Crippen LogP contribution in [0.2, 0.25) is 0 Å². The molecular weight excluding hydrogens is 220 g/mol. The lowest BCUT2D eigenvalue weighted by atomic mass is 9.75. The zero-order chi connectivity index (χ0) is 12.5. The van der Waals surface area contributed by atoms with Gasteiger partial charge in [0.1, 0.15) is 0 Å². The zero-order valence-corrected chi connectivity index (χ0v) is 10.2. The van der Waals surface area contributed by atoms with Crippen molar-refractivity contribution in [3.05, 3.63) is 0 Å². The minimum atomic E-state index is -0.779. The molecule has 0 bridgehead atoms. The third-order valence-electron chi connectivity index (χ3n) is 4.07. The Balaban J connectivity index is 1.74. The van der Waals surface area contributed by atoms with Crippen molar-refractivity contribution in [2.24, 2.45) is 5.92 Å². The van der Waals surface area contributed by atoms with Gasteiger partial charge in [0.25, 0.3) is 0 Å². The van der Waals surface area contributed by atoms with Crippen LogP contribution < -0.4 is 5.32 Å². The van der Waals surface area contributed by atoms with Gasteiger partial charge in [-0.15, -0.1) is 0 Å². The molecule has 5 nitrogen and oxygen atoms in total. The summed E-state index contributed by atoms with van der Waals surface area (Å²) in [5.41, 5.74) is 0.0228. The van der Waals surface area contributed by atoms with Gasteiger partial charge in [-0.2, -0.15) is 0 Å². The van der Waals surface area contributed by atoms with Crippen LogP contribution in [0.1, 0.15) is 39.0 Å². The number of carbonyl (C=O) groups excluding carboxylic acids is 1. The van der Waals surface area contributed by atoms with Gasteiger partial charge in [0.05, 0.1) is 6.42 Å². The SMILES string of the molecule is CCC1(NC(=O)N2CC(CC(=O)O)C2)CCC1. The quantitative estimate of drug-likeness (QED) is 0.781. The Labute approximate surface area is 101 Å². The molecule has 1 saturated heterocycles. The Morgan fingerprint density at radius 1 is 1.41 bits per heavy atom. The molecule has 2 aliphatic rings. The monoisotopic (exact) mass is 240 g/mol. The van der Waals surface area contributed by atoms with Crippen molar-refractivity contribution in [2.45, 2.75) is 44.6 Å². The number of urea groups is 1. The first-order valence-corrected chi connectivity index (χ1v) is 6.33. The maximum atomic E-state index is 11.9. The van der Waals surface area contributed by atoms with E-state index in [1.807, 2.05) is 0 Å². The van der Waals surface area contributed by atoms with Gasteiger partial charge in [-0.3, -0.25) is 4.79 Å². The first-order valence-electron chi connectivity index (χ1n) is 6.33. The van der Waals surface area contributed by atoms with Gasteiger partial charge in [-0.1, -0.05) is 6.92 Å². The van der Waals surface area contributed by atoms with E-state index in [-0.39, 0.29) is 23.9 Å². The van der Waals surface area contributed by atoms with E-state index in [4.69, 9.17) is 5.11 Å². The highest BCUT2D eigenvalue weighted by Gasteiger charge is 2.40. The number of carbonyl (C=O) groups is 2. The summed E-state index contributed by atoms with van der Waals surface area (Å²) in [4.78, 5) is 24.1. The molecule has 17 heavy (non-hydrogen) atoms. The summed E-state index contributed by atoms with van der Waals surface area (Å²) in [5.74, 6) is -0.642. The van der Waals surface area contributed by atoms with Gasteiger partial charge < -0.3 is 15.3 Å². The molecule has 2 amide bonds. The van der Waals surface area contributed by atoms with E-state index in [0.29, 0.717) is 13.1 Å². The number of carboxylic acids is 1. The molecule has 2 fully saturated rings. The molecule has 0 atom stereocenters. The zero-order valence-electron chi connectivity index (χ0n) is 10.2. The molecule has 0 spiro atoms. The topological polar surface area (TPSA) is 69.6 Å².